The van der Waals surface area contributed by atoms with Gasteiger partial charge in [0.25, 0.3) is 0 Å². The first-order chi connectivity index (χ1) is 9.83. The van der Waals surface area contributed by atoms with Gasteiger partial charge in [0.15, 0.2) is 11.5 Å². The van der Waals surface area contributed by atoms with Crippen LogP contribution in [0.5, 0.6) is 11.5 Å². The summed E-state index contributed by atoms with van der Waals surface area (Å²) < 4.78 is 17.7. The van der Waals surface area contributed by atoms with Crippen molar-refractivity contribution in [3.8, 4) is 11.5 Å². The number of ether oxygens (including phenoxy) is 3. The maximum Gasteiger partial charge on any atom is 0.175 e. The number of para-hydroxylation sites is 1. The summed E-state index contributed by atoms with van der Waals surface area (Å²) >= 11 is 3.51. The zero-order chi connectivity index (χ0) is 13.8. The fourth-order valence-electron chi connectivity index (χ4n) is 1.82. The van der Waals surface area contributed by atoms with E-state index in [1.807, 2.05) is 48.5 Å². The van der Waals surface area contributed by atoms with Crippen LogP contribution >= 0.6 is 15.9 Å². The molecule has 1 heterocycles. The lowest BCUT2D eigenvalue weighted by Crippen LogP contribution is -2.06. The molecule has 0 amide bonds. The van der Waals surface area contributed by atoms with Gasteiger partial charge in [-0.3, -0.25) is 0 Å². The molecule has 1 atom stereocenters. The highest BCUT2D eigenvalue weighted by Crippen LogP contribution is 2.36. The molecule has 0 aromatic heterocycles. The molecule has 104 valence electrons. The van der Waals surface area contributed by atoms with Gasteiger partial charge in [-0.25, -0.2) is 0 Å². The van der Waals surface area contributed by atoms with E-state index in [4.69, 9.17) is 14.2 Å². The van der Waals surface area contributed by atoms with Crippen molar-refractivity contribution in [1.29, 1.82) is 0 Å². The van der Waals surface area contributed by atoms with E-state index < -0.39 is 0 Å². The zero-order valence-corrected chi connectivity index (χ0v) is 12.5. The second kappa shape index (κ2) is 6.29. The average Bonchev–Trinajstić information content (AvgIpc) is 3.29. The number of benzene rings is 2. The minimum atomic E-state index is 0.232. The smallest absolute Gasteiger partial charge is 0.175 e. The zero-order valence-electron chi connectivity index (χ0n) is 10.9. The van der Waals surface area contributed by atoms with Gasteiger partial charge in [0, 0.05) is 0 Å². The lowest BCUT2D eigenvalue weighted by Gasteiger charge is -2.13. The molecule has 0 bridgehead atoms. The van der Waals surface area contributed by atoms with E-state index in [0.717, 1.165) is 28.1 Å². The van der Waals surface area contributed by atoms with Crippen LogP contribution in [0.15, 0.2) is 53.0 Å². The molecule has 2 aromatic rings. The summed E-state index contributed by atoms with van der Waals surface area (Å²) in [6, 6.07) is 15.9. The van der Waals surface area contributed by atoms with E-state index in [-0.39, 0.29) is 6.10 Å². The van der Waals surface area contributed by atoms with Crippen LogP contribution < -0.4 is 9.47 Å². The quantitative estimate of drug-likeness (QED) is 0.753. The first-order valence-electron chi connectivity index (χ1n) is 6.52. The molecule has 3 rings (SSSR count). The van der Waals surface area contributed by atoms with E-state index in [0.29, 0.717) is 13.2 Å². The van der Waals surface area contributed by atoms with Crippen molar-refractivity contribution in [1.82, 2.24) is 0 Å². The van der Waals surface area contributed by atoms with E-state index in [9.17, 15) is 0 Å². The highest BCUT2D eigenvalue weighted by Gasteiger charge is 2.24. The Balaban J connectivity index is 1.69. The molecule has 1 unspecified atom stereocenters. The summed E-state index contributed by atoms with van der Waals surface area (Å²) in [5.74, 6) is 1.47. The van der Waals surface area contributed by atoms with Crippen molar-refractivity contribution >= 4 is 15.9 Å². The van der Waals surface area contributed by atoms with Crippen LogP contribution in [0.2, 0.25) is 0 Å². The third kappa shape index (κ3) is 3.52. The van der Waals surface area contributed by atoms with Crippen LogP contribution in [-0.2, 0) is 11.3 Å². The Kier molecular flexibility index (Phi) is 4.23. The molecule has 1 fully saturated rings. The van der Waals surface area contributed by atoms with E-state index in [1.54, 1.807) is 0 Å². The molecule has 1 saturated heterocycles. The lowest BCUT2D eigenvalue weighted by molar-refractivity contribution is 0.237. The predicted molar refractivity (Wildman–Crippen MR) is 80.2 cm³/mol. The number of hydrogen-bond donors (Lipinski definition) is 0. The minimum Gasteiger partial charge on any atom is -0.487 e. The fourth-order valence-corrected chi connectivity index (χ4v) is 2.28. The summed E-state index contributed by atoms with van der Waals surface area (Å²) in [6.07, 6.45) is 0.232. The molecule has 0 radical (unpaired) electrons. The monoisotopic (exact) mass is 334 g/mol. The topological polar surface area (TPSA) is 31.0 Å². The third-order valence-electron chi connectivity index (χ3n) is 2.98. The van der Waals surface area contributed by atoms with Gasteiger partial charge in [-0.2, -0.15) is 0 Å². The molecule has 3 nitrogen and oxygen atoms in total. The van der Waals surface area contributed by atoms with Crippen molar-refractivity contribution in [2.75, 3.05) is 13.2 Å². The first-order valence-corrected chi connectivity index (χ1v) is 7.32. The number of halogens is 1. The van der Waals surface area contributed by atoms with Crippen molar-refractivity contribution in [2.45, 2.75) is 12.7 Å². The highest BCUT2D eigenvalue weighted by atomic mass is 79.9. The van der Waals surface area contributed by atoms with E-state index >= 15 is 0 Å². The van der Waals surface area contributed by atoms with Crippen molar-refractivity contribution in [2.24, 2.45) is 0 Å². The van der Waals surface area contributed by atoms with Crippen molar-refractivity contribution in [3.05, 3.63) is 58.6 Å². The Labute approximate surface area is 126 Å². The van der Waals surface area contributed by atoms with Gasteiger partial charge in [-0.05, 0) is 33.6 Å². The van der Waals surface area contributed by atoms with Gasteiger partial charge in [0.2, 0.25) is 0 Å². The Morgan fingerprint density at radius 1 is 1.05 bits per heavy atom. The molecular weight excluding hydrogens is 320 g/mol. The van der Waals surface area contributed by atoms with Crippen LogP contribution in [0.3, 0.4) is 0 Å². The molecule has 2 aromatic carbocycles. The molecule has 0 saturated carbocycles. The standard InChI is InChI=1S/C16H15BrO3/c17-14-7-4-8-15(19-11-13-10-18-13)16(14)20-9-12-5-2-1-3-6-12/h1-8,13H,9-11H2. The van der Waals surface area contributed by atoms with Gasteiger partial charge < -0.3 is 14.2 Å². The van der Waals surface area contributed by atoms with Crippen LogP contribution in [0, 0.1) is 0 Å². The summed E-state index contributed by atoms with van der Waals surface area (Å²) in [4.78, 5) is 0. The summed E-state index contributed by atoms with van der Waals surface area (Å²) in [7, 11) is 0. The first kappa shape index (κ1) is 13.5. The lowest BCUT2D eigenvalue weighted by atomic mass is 10.2. The van der Waals surface area contributed by atoms with Gasteiger partial charge in [-0.1, -0.05) is 36.4 Å². The van der Waals surface area contributed by atoms with Crippen LogP contribution in [0.25, 0.3) is 0 Å². The second-order valence-electron chi connectivity index (χ2n) is 4.61. The van der Waals surface area contributed by atoms with Gasteiger partial charge in [-0.15, -0.1) is 0 Å². The summed E-state index contributed by atoms with van der Waals surface area (Å²) in [5.41, 5.74) is 1.12. The molecule has 0 spiro atoms. The van der Waals surface area contributed by atoms with Gasteiger partial charge in [0.1, 0.15) is 19.3 Å². The SMILES string of the molecule is Brc1cccc(OCC2CO2)c1OCc1ccccc1. The molecule has 1 aliphatic rings. The fraction of sp³-hybridized carbons (Fsp3) is 0.250. The van der Waals surface area contributed by atoms with Gasteiger partial charge >= 0.3 is 0 Å². The number of hydrogen-bond acceptors (Lipinski definition) is 3. The predicted octanol–water partition coefficient (Wildman–Crippen LogP) is 3.81. The molecule has 0 N–H and O–H groups in total. The largest absolute Gasteiger partial charge is 0.487 e. The molecule has 0 aliphatic carbocycles. The maximum absolute atomic E-state index is 5.89. The van der Waals surface area contributed by atoms with Gasteiger partial charge in [0.05, 0.1) is 11.1 Å². The van der Waals surface area contributed by atoms with Crippen LogP contribution in [0.4, 0.5) is 0 Å². The van der Waals surface area contributed by atoms with Crippen LogP contribution in [-0.4, -0.2) is 19.3 Å². The highest BCUT2D eigenvalue weighted by molar-refractivity contribution is 9.10. The normalized spacial score (nSPS) is 16.8. The Morgan fingerprint density at radius 2 is 1.85 bits per heavy atom. The molecule has 20 heavy (non-hydrogen) atoms. The average molecular weight is 335 g/mol. The summed E-state index contributed by atoms with van der Waals surface area (Å²) in [5, 5.41) is 0. The minimum absolute atomic E-state index is 0.232. The van der Waals surface area contributed by atoms with Crippen molar-refractivity contribution in [3.63, 3.8) is 0 Å². The Bertz CT molecular complexity index is 567. The Hall–Kier alpha value is -1.52. The van der Waals surface area contributed by atoms with E-state index in [1.165, 1.54) is 0 Å². The van der Waals surface area contributed by atoms with E-state index in [2.05, 4.69) is 15.9 Å². The van der Waals surface area contributed by atoms with Crippen molar-refractivity contribution < 1.29 is 14.2 Å². The summed E-state index contributed by atoms with van der Waals surface area (Å²) in [6.45, 7) is 1.87. The maximum atomic E-state index is 5.89. The second-order valence-corrected chi connectivity index (χ2v) is 5.46. The Morgan fingerprint density at radius 3 is 2.60 bits per heavy atom. The molecular formula is C16H15BrO3. The van der Waals surface area contributed by atoms with Crippen LogP contribution in [0.1, 0.15) is 5.56 Å². The molecule has 4 heteroatoms. The number of rotatable bonds is 6. The molecule has 1 aliphatic heterocycles. The third-order valence-corrected chi connectivity index (χ3v) is 3.61. The number of epoxide rings is 1.